The zero-order valence-electron chi connectivity index (χ0n) is 16.5. The van der Waals surface area contributed by atoms with Gasteiger partial charge in [-0.15, -0.1) is 0 Å². The van der Waals surface area contributed by atoms with Crippen molar-refractivity contribution in [3.05, 3.63) is 77.7 Å². The first kappa shape index (κ1) is 18.9. The molecule has 3 heterocycles. The number of rotatable bonds is 5. The molecule has 0 aliphatic carbocycles. The first-order chi connectivity index (χ1) is 14.2. The lowest BCUT2D eigenvalue weighted by Gasteiger charge is -2.35. The van der Waals surface area contributed by atoms with Crippen LogP contribution in [0.4, 0.5) is 11.8 Å². The highest BCUT2D eigenvalue weighted by Crippen LogP contribution is 2.16. The molecule has 1 N–H and O–H groups in total. The SMILES string of the molecule is Cc1ccccc1CNC(=O)c1ccc(N2CCN(c3ncccn3)CC2)nc1. The van der Waals surface area contributed by atoms with Crippen molar-refractivity contribution in [2.45, 2.75) is 13.5 Å². The van der Waals surface area contributed by atoms with Crippen LogP contribution in [0, 0.1) is 6.92 Å². The van der Waals surface area contributed by atoms with Crippen molar-refractivity contribution >= 4 is 17.7 Å². The lowest BCUT2D eigenvalue weighted by atomic mass is 10.1. The van der Waals surface area contributed by atoms with Gasteiger partial charge in [0.2, 0.25) is 5.95 Å². The van der Waals surface area contributed by atoms with Gasteiger partial charge in [0.1, 0.15) is 5.82 Å². The smallest absolute Gasteiger partial charge is 0.253 e. The molecule has 0 atom stereocenters. The number of hydrogen-bond donors (Lipinski definition) is 1. The van der Waals surface area contributed by atoms with Gasteiger partial charge in [-0.1, -0.05) is 24.3 Å². The second-order valence-corrected chi connectivity index (χ2v) is 7.04. The molecule has 2 aromatic heterocycles. The van der Waals surface area contributed by atoms with Gasteiger partial charge in [-0.3, -0.25) is 4.79 Å². The Morgan fingerprint density at radius 1 is 0.931 bits per heavy atom. The Balaban J connectivity index is 1.32. The standard InChI is InChI=1S/C22H24N6O/c1-17-5-2-3-6-18(17)15-26-21(29)19-7-8-20(25-16-19)27-11-13-28(14-12-27)22-23-9-4-10-24-22/h2-10,16H,11-15H2,1H3,(H,26,29). The lowest BCUT2D eigenvalue weighted by molar-refractivity contribution is 0.0950. The van der Waals surface area contributed by atoms with E-state index in [1.165, 1.54) is 5.56 Å². The summed E-state index contributed by atoms with van der Waals surface area (Å²) < 4.78 is 0. The van der Waals surface area contributed by atoms with Crippen molar-refractivity contribution < 1.29 is 4.79 Å². The molecule has 29 heavy (non-hydrogen) atoms. The van der Waals surface area contributed by atoms with Crippen LogP contribution in [0.5, 0.6) is 0 Å². The van der Waals surface area contributed by atoms with E-state index >= 15 is 0 Å². The minimum Gasteiger partial charge on any atom is -0.353 e. The number of carbonyl (C=O) groups is 1. The fourth-order valence-corrected chi connectivity index (χ4v) is 3.38. The number of benzene rings is 1. The molecule has 0 spiro atoms. The van der Waals surface area contributed by atoms with E-state index in [1.807, 2.05) is 49.4 Å². The maximum atomic E-state index is 12.4. The number of amides is 1. The van der Waals surface area contributed by atoms with Crippen molar-refractivity contribution in [2.24, 2.45) is 0 Å². The number of anilines is 2. The van der Waals surface area contributed by atoms with Crippen LogP contribution in [0.2, 0.25) is 0 Å². The molecule has 0 unspecified atom stereocenters. The molecule has 0 bridgehead atoms. The molecule has 1 fully saturated rings. The Morgan fingerprint density at radius 3 is 2.34 bits per heavy atom. The number of carbonyl (C=O) groups excluding carboxylic acids is 1. The number of aryl methyl sites for hydroxylation is 1. The molecule has 4 rings (SSSR count). The summed E-state index contributed by atoms with van der Waals surface area (Å²) >= 11 is 0. The van der Waals surface area contributed by atoms with Crippen LogP contribution >= 0.6 is 0 Å². The van der Waals surface area contributed by atoms with Gasteiger partial charge in [0, 0.05) is 51.3 Å². The van der Waals surface area contributed by atoms with Crippen LogP contribution in [0.3, 0.4) is 0 Å². The van der Waals surface area contributed by atoms with E-state index in [4.69, 9.17) is 0 Å². The van der Waals surface area contributed by atoms with E-state index in [2.05, 4.69) is 30.1 Å². The van der Waals surface area contributed by atoms with Crippen molar-refractivity contribution in [3.8, 4) is 0 Å². The summed E-state index contributed by atoms with van der Waals surface area (Å²) in [6.07, 6.45) is 5.17. The molecule has 0 saturated carbocycles. The maximum absolute atomic E-state index is 12.4. The summed E-state index contributed by atoms with van der Waals surface area (Å²) in [5.74, 6) is 1.54. The second kappa shape index (κ2) is 8.68. The Kier molecular flexibility index (Phi) is 5.65. The number of hydrogen-bond acceptors (Lipinski definition) is 6. The highest BCUT2D eigenvalue weighted by atomic mass is 16.1. The summed E-state index contributed by atoms with van der Waals surface area (Å²) in [4.78, 5) is 30.0. The summed E-state index contributed by atoms with van der Waals surface area (Å²) in [5.41, 5.74) is 2.85. The van der Waals surface area contributed by atoms with Crippen molar-refractivity contribution in [1.82, 2.24) is 20.3 Å². The quantitative estimate of drug-likeness (QED) is 0.724. The summed E-state index contributed by atoms with van der Waals surface area (Å²) in [6.45, 7) is 5.90. The largest absolute Gasteiger partial charge is 0.353 e. The van der Waals surface area contributed by atoms with Gasteiger partial charge in [-0.25, -0.2) is 15.0 Å². The van der Waals surface area contributed by atoms with Gasteiger partial charge in [-0.05, 0) is 36.2 Å². The number of aromatic nitrogens is 3. The van der Waals surface area contributed by atoms with Crippen LogP contribution in [-0.4, -0.2) is 47.0 Å². The third-order valence-corrected chi connectivity index (χ3v) is 5.15. The topological polar surface area (TPSA) is 74.2 Å². The predicted molar refractivity (Wildman–Crippen MR) is 113 cm³/mol. The van der Waals surface area contributed by atoms with E-state index in [0.717, 1.165) is 43.5 Å². The van der Waals surface area contributed by atoms with E-state index in [-0.39, 0.29) is 5.91 Å². The number of pyridine rings is 1. The zero-order valence-corrected chi connectivity index (χ0v) is 16.5. The van der Waals surface area contributed by atoms with Gasteiger partial charge in [0.05, 0.1) is 5.56 Å². The molecule has 1 aliphatic rings. The molecule has 0 radical (unpaired) electrons. The van der Waals surface area contributed by atoms with E-state index in [9.17, 15) is 4.79 Å². The first-order valence-corrected chi connectivity index (χ1v) is 9.76. The van der Waals surface area contributed by atoms with Gasteiger partial charge in [0.15, 0.2) is 0 Å². The lowest BCUT2D eigenvalue weighted by Crippen LogP contribution is -2.47. The van der Waals surface area contributed by atoms with E-state index in [0.29, 0.717) is 12.1 Å². The zero-order chi connectivity index (χ0) is 20.1. The van der Waals surface area contributed by atoms with Crippen LogP contribution < -0.4 is 15.1 Å². The summed E-state index contributed by atoms with van der Waals surface area (Å²) in [7, 11) is 0. The Morgan fingerprint density at radius 2 is 1.66 bits per heavy atom. The Hall–Kier alpha value is -3.48. The maximum Gasteiger partial charge on any atom is 0.253 e. The van der Waals surface area contributed by atoms with Gasteiger partial charge in [-0.2, -0.15) is 0 Å². The van der Waals surface area contributed by atoms with Crippen LogP contribution in [0.15, 0.2) is 61.1 Å². The van der Waals surface area contributed by atoms with Crippen molar-refractivity contribution in [2.75, 3.05) is 36.0 Å². The van der Waals surface area contributed by atoms with Gasteiger partial charge >= 0.3 is 0 Å². The normalized spacial score (nSPS) is 14.0. The number of nitrogens with zero attached hydrogens (tertiary/aromatic N) is 5. The summed E-state index contributed by atoms with van der Waals surface area (Å²) in [5, 5.41) is 2.97. The number of nitrogens with one attached hydrogen (secondary N) is 1. The monoisotopic (exact) mass is 388 g/mol. The number of piperazine rings is 1. The molecule has 1 saturated heterocycles. The van der Waals surface area contributed by atoms with Crippen LogP contribution in [-0.2, 0) is 6.54 Å². The highest BCUT2D eigenvalue weighted by Gasteiger charge is 2.20. The average molecular weight is 388 g/mol. The average Bonchev–Trinajstić information content (AvgIpc) is 2.79. The molecular formula is C22H24N6O. The van der Waals surface area contributed by atoms with E-state index < -0.39 is 0 Å². The molecule has 1 aromatic carbocycles. The fourth-order valence-electron chi connectivity index (χ4n) is 3.38. The molecule has 1 aliphatic heterocycles. The molecule has 3 aromatic rings. The molecule has 1 amide bonds. The van der Waals surface area contributed by atoms with Crippen LogP contribution in [0.1, 0.15) is 21.5 Å². The van der Waals surface area contributed by atoms with Crippen molar-refractivity contribution in [1.29, 1.82) is 0 Å². The van der Waals surface area contributed by atoms with Gasteiger partial charge < -0.3 is 15.1 Å². The van der Waals surface area contributed by atoms with Gasteiger partial charge in [0.25, 0.3) is 5.91 Å². The van der Waals surface area contributed by atoms with E-state index in [1.54, 1.807) is 18.6 Å². The fraction of sp³-hybridized carbons (Fsp3) is 0.273. The Bertz CT molecular complexity index is 953. The Labute approximate surface area is 170 Å². The minimum absolute atomic E-state index is 0.113. The first-order valence-electron chi connectivity index (χ1n) is 9.76. The molecular weight excluding hydrogens is 364 g/mol. The molecule has 7 nitrogen and oxygen atoms in total. The van der Waals surface area contributed by atoms with Crippen LogP contribution in [0.25, 0.3) is 0 Å². The minimum atomic E-state index is -0.113. The predicted octanol–water partition coefficient (Wildman–Crippen LogP) is 2.44. The molecule has 7 heteroatoms. The third kappa shape index (κ3) is 4.51. The summed E-state index contributed by atoms with van der Waals surface area (Å²) in [6, 6.07) is 13.6. The molecule has 148 valence electrons. The highest BCUT2D eigenvalue weighted by molar-refractivity contribution is 5.94. The second-order valence-electron chi connectivity index (χ2n) is 7.04. The van der Waals surface area contributed by atoms with Crippen molar-refractivity contribution in [3.63, 3.8) is 0 Å². The third-order valence-electron chi connectivity index (χ3n) is 5.15.